The SMILES string of the molecule is CS(=O)(=O)C1(C(=O)NCc2ccccc2C(F)(F)F)CCNCC1. The van der Waals surface area contributed by atoms with Gasteiger partial charge in [0, 0.05) is 12.8 Å². The maximum absolute atomic E-state index is 13.0. The molecule has 5 nitrogen and oxygen atoms in total. The second kappa shape index (κ2) is 6.72. The molecule has 134 valence electrons. The summed E-state index contributed by atoms with van der Waals surface area (Å²) in [5.74, 6) is -0.747. The Hall–Kier alpha value is -1.61. The Morgan fingerprint density at radius 2 is 1.83 bits per heavy atom. The zero-order valence-corrected chi connectivity index (χ0v) is 13.9. The Morgan fingerprint density at radius 1 is 1.25 bits per heavy atom. The predicted octanol–water partition coefficient (Wildman–Crippen LogP) is 1.49. The van der Waals surface area contributed by atoms with E-state index in [1.54, 1.807) is 0 Å². The third kappa shape index (κ3) is 3.72. The van der Waals surface area contributed by atoms with Crippen LogP contribution in [0.4, 0.5) is 13.2 Å². The van der Waals surface area contributed by atoms with Crippen LogP contribution in [-0.4, -0.2) is 38.4 Å². The first kappa shape index (κ1) is 18.7. The van der Waals surface area contributed by atoms with Gasteiger partial charge in [0.25, 0.3) is 0 Å². The average molecular weight is 364 g/mol. The molecule has 24 heavy (non-hydrogen) atoms. The van der Waals surface area contributed by atoms with Gasteiger partial charge in [0.2, 0.25) is 5.91 Å². The molecule has 0 spiro atoms. The number of nitrogens with one attached hydrogen (secondary N) is 2. The molecule has 1 aliphatic rings. The molecule has 0 unspecified atom stereocenters. The minimum Gasteiger partial charge on any atom is -0.351 e. The molecule has 1 aromatic rings. The number of piperidine rings is 1. The van der Waals surface area contributed by atoms with Gasteiger partial charge >= 0.3 is 6.18 Å². The summed E-state index contributed by atoms with van der Waals surface area (Å²) in [7, 11) is -3.70. The number of carbonyl (C=O) groups excluding carboxylic acids is 1. The number of benzene rings is 1. The third-order valence-corrected chi connectivity index (χ3v) is 6.31. The molecule has 0 atom stereocenters. The second-order valence-electron chi connectivity index (χ2n) is 5.85. The van der Waals surface area contributed by atoms with Gasteiger partial charge < -0.3 is 10.6 Å². The smallest absolute Gasteiger partial charge is 0.351 e. The topological polar surface area (TPSA) is 75.3 Å². The van der Waals surface area contributed by atoms with Crippen LogP contribution in [0.2, 0.25) is 0 Å². The number of alkyl halides is 3. The molecule has 0 aromatic heterocycles. The fourth-order valence-electron chi connectivity index (χ4n) is 2.88. The number of carbonyl (C=O) groups is 1. The molecule has 0 bridgehead atoms. The predicted molar refractivity (Wildman–Crippen MR) is 83.0 cm³/mol. The molecule has 1 amide bonds. The minimum absolute atomic E-state index is 0.0958. The van der Waals surface area contributed by atoms with Crippen molar-refractivity contribution < 1.29 is 26.4 Å². The highest BCUT2D eigenvalue weighted by Crippen LogP contribution is 2.32. The van der Waals surface area contributed by atoms with Gasteiger partial charge in [-0.3, -0.25) is 4.79 Å². The van der Waals surface area contributed by atoms with Gasteiger partial charge in [-0.25, -0.2) is 8.42 Å². The van der Waals surface area contributed by atoms with Crippen LogP contribution in [0, 0.1) is 0 Å². The normalized spacial score (nSPS) is 18.2. The summed E-state index contributed by atoms with van der Waals surface area (Å²) in [5.41, 5.74) is -0.944. The Balaban J connectivity index is 2.21. The quantitative estimate of drug-likeness (QED) is 0.849. The molecule has 2 rings (SSSR count). The summed E-state index contributed by atoms with van der Waals surface area (Å²) in [6, 6.07) is 4.89. The highest BCUT2D eigenvalue weighted by atomic mass is 32.2. The lowest BCUT2D eigenvalue weighted by Crippen LogP contribution is -2.57. The lowest BCUT2D eigenvalue weighted by molar-refractivity contribution is -0.138. The number of rotatable bonds is 4. The summed E-state index contributed by atoms with van der Waals surface area (Å²) < 4.78 is 61.6. The van der Waals surface area contributed by atoms with Gasteiger partial charge in [0.1, 0.15) is 0 Å². The van der Waals surface area contributed by atoms with Gasteiger partial charge in [0.15, 0.2) is 14.6 Å². The van der Waals surface area contributed by atoms with Gasteiger partial charge in [-0.2, -0.15) is 13.2 Å². The van der Waals surface area contributed by atoms with Crippen molar-refractivity contribution in [1.82, 2.24) is 10.6 Å². The molecule has 1 heterocycles. The Kier molecular flexibility index (Phi) is 5.24. The zero-order valence-electron chi connectivity index (χ0n) is 13.1. The number of amides is 1. The molecule has 0 saturated carbocycles. The fraction of sp³-hybridized carbons (Fsp3) is 0.533. The van der Waals surface area contributed by atoms with Crippen molar-refractivity contribution in [1.29, 1.82) is 0 Å². The summed E-state index contributed by atoms with van der Waals surface area (Å²) >= 11 is 0. The van der Waals surface area contributed by atoms with Crippen LogP contribution in [0.5, 0.6) is 0 Å². The third-order valence-electron chi connectivity index (χ3n) is 4.30. The molecular weight excluding hydrogens is 345 g/mol. The maximum Gasteiger partial charge on any atom is 0.416 e. The van der Waals surface area contributed by atoms with E-state index in [0.717, 1.165) is 12.3 Å². The van der Waals surface area contributed by atoms with Crippen molar-refractivity contribution in [3.8, 4) is 0 Å². The van der Waals surface area contributed by atoms with Gasteiger partial charge in [0.05, 0.1) is 5.56 Å². The van der Waals surface area contributed by atoms with Crippen molar-refractivity contribution >= 4 is 15.7 Å². The van der Waals surface area contributed by atoms with Crippen molar-refractivity contribution in [2.24, 2.45) is 0 Å². The number of halogens is 3. The second-order valence-corrected chi connectivity index (χ2v) is 8.18. The largest absolute Gasteiger partial charge is 0.416 e. The molecule has 1 saturated heterocycles. The van der Waals surface area contributed by atoms with Crippen LogP contribution in [0.15, 0.2) is 24.3 Å². The molecule has 1 fully saturated rings. The monoisotopic (exact) mass is 364 g/mol. The molecular formula is C15H19F3N2O3S. The summed E-state index contributed by atoms with van der Waals surface area (Å²) in [6.07, 6.45) is -3.36. The van der Waals surface area contributed by atoms with E-state index in [0.29, 0.717) is 13.1 Å². The maximum atomic E-state index is 13.0. The first-order valence-electron chi connectivity index (χ1n) is 7.42. The first-order valence-corrected chi connectivity index (χ1v) is 9.31. The number of hydrogen-bond donors (Lipinski definition) is 2. The Bertz CT molecular complexity index is 711. The Morgan fingerprint density at radius 3 is 2.38 bits per heavy atom. The van der Waals surface area contributed by atoms with Crippen molar-refractivity contribution in [2.45, 2.75) is 30.3 Å². The number of sulfone groups is 1. The summed E-state index contributed by atoms with van der Waals surface area (Å²) in [5, 5.41) is 5.36. The van der Waals surface area contributed by atoms with Gasteiger partial charge in [-0.15, -0.1) is 0 Å². The molecule has 0 radical (unpaired) electrons. The molecule has 2 N–H and O–H groups in total. The molecule has 0 aliphatic carbocycles. The highest BCUT2D eigenvalue weighted by molar-refractivity contribution is 7.92. The van der Waals surface area contributed by atoms with Crippen LogP contribution >= 0.6 is 0 Å². The zero-order chi connectivity index (χ0) is 18.0. The first-order chi connectivity index (χ1) is 11.1. The van der Waals surface area contributed by atoms with Crippen molar-refractivity contribution in [3.63, 3.8) is 0 Å². The van der Waals surface area contributed by atoms with Crippen LogP contribution in [0.1, 0.15) is 24.0 Å². The minimum atomic E-state index is -4.54. The number of hydrogen-bond acceptors (Lipinski definition) is 4. The lowest BCUT2D eigenvalue weighted by Gasteiger charge is -2.34. The van der Waals surface area contributed by atoms with Crippen LogP contribution in [0.3, 0.4) is 0 Å². The van der Waals surface area contributed by atoms with Crippen molar-refractivity contribution in [2.75, 3.05) is 19.3 Å². The van der Waals surface area contributed by atoms with Gasteiger partial charge in [-0.05, 0) is 37.6 Å². The fourth-order valence-corrected chi connectivity index (χ4v) is 4.24. The average Bonchev–Trinajstić information content (AvgIpc) is 2.51. The van der Waals surface area contributed by atoms with E-state index in [1.165, 1.54) is 18.2 Å². The molecule has 9 heteroatoms. The summed E-state index contributed by atoms with van der Waals surface area (Å²) in [4.78, 5) is 12.5. The van der Waals surface area contributed by atoms with Gasteiger partial charge in [-0.1, -0.05) is 18.2 Å². The van der Waals surface area contributed by atoms with E-state index < -0.39 is 32.2 Å². The van der Waals surface area contributed by atoms with Crippen LogP contribution < -0.4 is 10.6 Å². The van der Waals surface area contributed by atoms with E-state index in [2.05, 4.69) is 10.6 Å². The van der Waals surface area contributed by atoms with Crippen LogP contribution in [-0.2, 0) is 27.4 Å². The van der Waals surface area contributed by atoms with E-state index in [4.69, 9.17) is 0 Å². The van der Waals surface area contributed by atoms with E-state index in [-0.39, 0.29) is 24.9 Å². The Labute approximate surface area is 138 Å². The van der Waals surface area contributed by atoms with E-state index in [9.17, 15) is 26.4 Å². The van der Waals surface area contributed by atoms with E-state index >= 15 is 0 Å². The standard InChI is InChI=1S/C15H19F3N2O3S/c1-24(22,23)14(6-8-19-9-7-14)13(21)20-10-11-4-2-3-5-12(11)15(16,17)18/h2-5,19H,6-10H2,1H3,(H,20,21). The highest BCUT2D eigenvalue weighted by Gasteiger charge is 2.48. The molecule has 1 aromatic carbocycles. The lowest BCUT2D eigenvalue weighted by atomic mass is 9.95. The molecule has 1 aliphatic heterocycles. The van der Waals surface area contributed by atoms with Crippen molar-refractivity contribution in [3.05, 3.63) is 35.4 Å². The van der Waals surface area contributed by atoms with E-state index in [1.807, 2.05) is 0 Å². The van der Waals surface area contributed by atoms with Crippen LogP contribution in [0.25, 0.3) is 0 Å². The summed E-state index contributed by atoms with van der Waals surface area (Å²) in [6.45, 7) is 0.346.